The van der Waals surface area contributed by atoms with E-state index in [0.29, 0.717) is 23.1 Å². The number of hydrogen-bond donors (Lipinski definition) is 2. The molecule has 7 heteroatoms. The number of nitrogen functional groups attached to an aromatic ring is 2. The Bertz CT molecular complexity index is 1060. The van der Waals surface area contributed by atoms with Gasteiger partial charge in [-0.05, 0) is 24.5 Å². The molecule has 1 aliphatic carbocycles. The third kappa shape index (κ3) is 1.67. The summed E-state index contributed by atoms with van der Waals surface area (Å²) >= 11 is 0. The molecule has 114 valence electrons. The van der Waals surface area contributed by atoms with Crippen molar-refractivity contribution in [1.29, 1.82) is 0 Å². The molecule has 5 rings (SSSR count). The second kappa shape index (κ2) is 4.22. The molecule has 0 spiro atoms. The molecule has 0 saturated heterocycles. The number of nitrogens with two attached hydrogens (primary N) is 2. The van der Waals surface area contributed by atoms with E-state index in [1.807, 2.05) is 12.1 Å². The molecule has 0 atom stereocenters. The Labute approximate surface area is 130 Å². The van der Waals surface area contributed by atoms with Gasteiger partial charge in [-0.15, -0.1) is 0 Å². The molecule has 0 bridgehead atoms. The molecule has 1 aromatic carbocycles. The van der Waals surface area contributed by atoms with Crippen LogP contribution in [0.25, 0.3) is 33.1 Å². The molecule has 0 unspecified atom stereocenters. The van der Waals surface area contributed by atoms with Gasteiger partial charge in [0, 0.05) is 17.8 Å². The van der Waals surface area contributed by atoms with Crippen LogP contribution in [0, 0.1) is 0 Å². The van der Waals surface area contributed by atoms with Crippen molar-refractivity contribution in [2.75, 3.05) is 11.5 Å². The van der Waals surface area contributed by atoms with Crippen LogP contribution in [-0.4, -0.2) is 19.7 Å². The van der Waals surface area contributed by atoms with E-state index in [1.54, 1.807) is 6.20 Å². The smallest absolute Gasteiger partial charge is 0.190 e. The fourth-order valence-electron chi connectivity index (χ4n) is 3.16. The van der Waals surface area contributed by atoms with Crippen molar-refractivity contribution in [1.82, 2.24) is 19.7 Å². The first-order valence-electron chi connectivity index (χ1n) is 7.48. The quantitative estimate of drug-likeness (QED) is 0.551. The maximum atomic E-state index is 6.15. The summed E-state index contributed by atoms with van der Waals surface area (Å²) in [5, 5.41) is 5.61. The summed E-state index contributed by atoms with van der Waals surface area (Å²) in [5.74, 6) is 0.478. The van der Waals surface area contributed by atoms with E-state index < -0.39 is 0 Å². The summed E-state index contributed by atoms with van der Waals surface area (Å²) in [7, 11) is 0. The number of rotatable bonds is 2. The molecule has 23 heavy (non-hydrogen) atoms. The molecule has 7 nitrogen and oxygen atoms in total. The lowest BCUT2D eigenvalue weighted by Gasteiger charge is -2.03. The van der Waals surface area contributed by atoms with Gasteiger partial charge < -0.3 is 20.6 Å². The normalized spacial score (nSPS) is 14.8. The van der Waals surface area contributed by atoms with Crippen molar-refractivity contribution >= 4 is 33.5 Å². The fraction of sp³-hybridized carbons (Fsp3) is 0.188. The first-order valence-corrected chi connectivity index (χ1v) is 7.48. The summed E-state index contributed by atoms with van der Waals surface area (Å²) < 4.78 is 7.47. The molecular weight excluding hydrogens is 292 g/mol. The van der Waals surface area contributed by atoms with Crippen molar-refractivity contribution < 1.29 is 4.52 Å². The van der Waals surface area contributed by atoms with Crippen LogP contribution in [0.4, 0.5) is 11.5 Å². The van der Waals surface area contributed by atoms with Gasteiger partial charge in [-0.1, -0.05) is 11.2 Å². The molecule has 3 heterocycles. The van der Waals surface area contributed by atoms with Gasteiger partial charge in [0.2, 0.25) is 0 Å². The number of aromatic nitrogens is 4. The van der Waals surface area contributed by atoms with Crippen molar-refractivity contribution in [2.24, 2.45) is 0 Å². The Hall–Kier alpha value is -3.09. The Morgan fingerprint density at radius 2 is 2.00 bits per heavy atom. The molecular formula is C16H14N6O. The van der Waals surface area contributed by atoms with Crippen LogP contribution >= 0.6 is 0 Å². The second-order valence-electron chi connectivity index (χ2n) is 5.91. The lowest BCUT2D eigenvalue weighted by Crippen LogP contribution is -1.96. The van der Waals surface area contributed by atoms with Gasteiger partial charge in [0.25, 0.3) is 0 Å². The number of hydrogen-bond acceptors (Lipinski definition) is 6. The molecule has 1 saturated carbocycles. The zero-order valence-electron chi connectivity index (χ0n) is 12.2. The summed E-state index contributed by atoms with van der Waals surface area (Å²) in [6, 6.07) is 4.28. The molecule has 4 N–H and O–H groups in total. The zero-order valence-corrected chi connectivity index (χ0v) is 12.2. The first kappa shape index (κ1) is 12.5. The predicted molar refractivity (Wildman–Crippen MR) is 87.6 cm³/mol. The predicted octanol–water partition coefficient (Wildman–Crippen LogP) is 2.74. The summed E-state index contributed by atoms with van der Waals surface area (Å²) in [5.41, 5.74) is 16.1. The van der Waals surface area contributed by atoms with E-state index in [0.717, 1.165) is 40.4 Å². The van der Waals surface area contributed by atoms with Gasteiger partial charge in [0.05, 0.1) is 22.7 Å². The van der Waals surface area contributed by atoms with Gasteiger partial charge in [-0.3, -0.25) is 0 Å². The highest BCUT2D eigenvalue weighted by Crippen LogP contribution is 2.43. The van der Waals surface area contributed by atoms with E-state index in [-0.39, 0.29) is 0 Å². The lowest BCUT2D eigenvalue weighted by molar-refractivity contribution is 0.457. The Kier molecular flexibility index (Phi) is 2.29. The average molecular weight is 306 g/mol. The van der Waals surface area contributed by atoms with E-state index >= 15 is 0 Å². The number of fused-ring (bicyclic) bond motifs is 2. The number of nitrogens with zero attached hydrogens (tertiary/aromatic N) is 4. The topological polar surface area (TPSA) is 109 Å². The van der Waals surface area contributed by atoms with Crippen LogP contribution in [0.1, 0.15) is 18.9 Å². The third-order valence-corrected chi connectivity index (χ3v) is 4.42. The second-order valence-corrected chi connectivity index (χ2v) is 5.91. The average Bonchev–Trinajstić information content (AvgIpc) is 3.12. The first-order chi connectivity index (χ1) is 11.2. The third-order valence-electron chi connectivity index (χ3n) is 4.42. The highest BCUT2D eigenvalue weighted by molar-refractivity contribution is 6.08. The Morgan fingerprint density at radius 1 is 1.13 bits per heavy atom. The van der Waals surface area contributed by atoms with Gasteiger partial charge in [-0.2, -0.15) is 0 Å². The molecule has 1 fully saturated rings. The SMILES string of the molecule is Nc1ccc(-c2cn(C3CC3)c3ncnc(N)c23)c2cnoc12. The monoisotopic (exact) mass is 306 g/mol. The van der Waals surface area contributed by atoms with Crippen molar-refractivity contribution in [3.8, 4) is 11.1 Å². The minimum Gasteiger partial charge on any atom is -0.396 e. The van der Waals surface area contributed by atoms with Gasteiger partial charge in [0.1, 0.15) is 17.8 Å². The van der Waals surface area contributed by atoms with Crippen LogP contribution in [0.5, 0.6) is 0 Å². The van der Waals surface area contributed by atoms with E-state index in [2.05, 4.69) is 25.9 Å². The fourth-order valence-corrected chi connectivity index (χ4v) is 3.16. The van der Waals surface area contributed by atoms with Gasteiger partial charge in [0.15, 0.2) is 5.58 Å². The maximum Gasteiger partial charge on any atom is 0.190 e. The van der Waals surface area contributed by atoms with E-state index in [1.165, 1.54) is 6.33 Å². The Morgan fingerprint density at radius 3 is 2.83 bits per heavy atom. The van der Waals surface area contributed by atoms with Gasteiger partial charge in [-0.25, -0.2) is 9.97 Å². The largest absolute Gasteiger partial charge is 0.396 e. The lowest BCUT2D eigenvalue weighted by atomic mass is 10.0. The highest BCUT2D eigenvalue weighted by Gasteiger charge is 2.28. The number of anilines is 2. The minimum absolute atomic E-state index is 0.478. The van der Waals surface area contributed by atoms with Crippen molar-refractivity contribution in [2.45, 2.75) is 18.9 Å². The standard InChI is InChI=1S/C16H14N6O/c17-12-4-3-9(10-5-21-23-14(10)12)11-6-22(8-1-2-8)16-13(11)15(18)19-7-20-16/h3-8H,1-2,17H2,(H2,18,19,20). The molecule has 0 aliphatic heterocycles. The van der Waals surface area contributed by atoms with Gasteiger partial charge >= 0.3 is 0 Å². The van der Waals surface area contributed by atoms with Crippen molar-refractivity contribution in [3.05, 3.63) is 30.9 Å². The van der Waals surface area contributed by atoms with Crippen molar-refractivity contribution in [3.63, 3.8) is 0 Å². The Balaban J connectivity index is 1.89. The molecule has 0 radical (unpaired) electrons. The van der Waals surface area contributed by atoms with Crippen LogP contribution in [0.15, 0.2) is 35.4 Å². The maximum absolute atomic E-state index is 6.15. The van der Waals surface area contributed by atoms with Crippen LogP contribution in [0.3, 0.4) is 0 Å². The van der Waals surface area contributed by atoms with Crippen LogP contribution < -0.4 is 11.5 Å². The van der Waals surface area contributed by atoms with Crippen LogP contribution in [-0.2, 0) is 0 Å². The summed E-state index contributed by atoms with van der Waals surface area (Å²) in [6.07, 6.45) is 7.63. The number of benzene rings is 1. The van der Waals surface area contributed by atoms with E-state index in [4.69, 9.17) is 16.0 Å². The summed E-state index contributed by atoms with van der Waals surface area (Å²) in [6.45, 7) is 0. The molecule has 0 amide bonds. The molecule has 1 aliphatic rings. The zero-order chi connectivity index (χ0) is 15.6. The highest BCUT2D eigenvalue weighted by atomic mass is 16.5. The van der Waals surface area contributed by atoms with E-state index in [9.17, 15) is 0 Å². The molecule has 4 aromatic rings. The molecule has 3 aromatic heterocycles. The minimum atomic E-state index is 0.478. The summed E-state index contributed by atoms with van der Waals surface area (Å²) in [4.78, 5) is 8.60. The van der Waals surface area contributed by atoms with Crippen LogP contribution in [0.2, 0.25) is 0 Å².